The van der Waals surface area contributed by atoms with Gasteiger partial charge in [-0.05, 0) is 19.3 Å². The number of hydrogen-bond donors (Lipinski definition) is 0. The van der Waals surface area contributed by atoms with Crippen LogP contribution in [0.15, 0.2) is 0 Å². The predicted octanol–water partition coefficient (Wildman–Crippen LogP) is 6.79. The van der Waals surface area contributed by atoms with E-state index in [0.717, 1.165) is 31.9 Å². The zero-order valence-electron chi connectivity index (χ0n) is 21.1. The van der Waals surface area contributed by atoms with Gasteiger partial charge in [0.05, 0.1) is 52.9 Å². The highest BCUT2D eigenvalue weighted by Crippen LogP contribution is 2.10. The molecule has 0 amide bonds. The molecule has 0 unspecified atom stereocenters. The topological polar surface area (TPSA) is 46.2 Å². The SMILES string of the molecule is CCCCCCCCCCCCOCCOCCOCCOCCOCCCCCCCl. The van der Waals surface area contributed by atoms with Crippen LogP contribution in [0.25, 0.3) is 0 Å². The van der Waals surface area contributed by atoms with Gasteiger partial charge in [0.1, 0.15) is 0 Å². The molecule has 194 valence electrons. The van der Waals surface area contributed by atoms with Gasteiger partial charge in [0.2, 0.25) is 0 Å². The molecule has 0 saturated carbocycles. The van der Waals surface area contributed by atoms with E-state index in [2.05, 4.69) is 6.92 Å². The summed E-state index contributed by atoms with van der Waals surface area (Å²) in [5.41, 5.74) is 0. The van der Waals surface area contributed by atoms with Gasteiger partial charge >= 0.3 is 0 Å². The van der Waals surface area contributed by atoms with Gasteiger partial charge in [0.25, 0.3) is 0 Å². The molecule has 0 heterocycles. The predicted molar refractivity (Wildman–Crippen MR) is 135 cm³/mol. The van der Waals surface area contributed by atoms with Crippen molar-refractivity contribution >= 4 is 11.6 Å². The minimum atomic E-state index is 0.594. The van der Waals surface area contributed by atoms with Gasteiger partial charge in [0, 0.05) is 19.1 Å². The molecule has 0 fully saturated rings. The minimum Gasteiger partial charge on any atom is -0.379 e. The highest BCUT2D eigenvalue weighted by Gasteiger charge is 1.96. The average molecular weight is 481 g/mol. The highest BCUT2D eigenvalue weighted by atomic mass is 35.5. The van der Waals surface area contributed by atoms with Crippen LogP contribution in [0.2, 0.25) is 0 Å². The number of alkyl halides is 1. The summed E-state index contributed by atoms with van der Waals surface area (Å²) in [5.74, 6) is 0.761. The Balaban J connectivity index is 2.98. The molecule has 0 bridgehead atoms. The third-order valence-corrected chi connectivity index (χ3v) is 5.57. The van der Waals surface area contributed by atoms with Gasteiger partial charge in [-0.1, -0.05) is 77.6 Å². The lowest BCUT2D eigenvalue weighted by molar-refractivity contribution is -0.0114. The Morgan fingerprint density at radius 2 is 0.625 bits per heavy atom. The second kappa shape index (κ2) is 31.1. The minimum absolute atomic E-state index is 0.594. The molecule has 5 nitrogen and oxygen atoms in total. The summed E-state index contributed by atoms with van der Waals surface area (Å²) in [6, 6.07) is 0. The van der Waals surface area contributed by atoms with E-state index in [1.165, 1.54) is 77.0 Å². The fraction of sp³-hybridized carbons (Fsp3) is 1.00. The van der Waals surface area contributed by atoms with E-state index in [1.54, 1.807) is 0 Å². The molecule has 0 N–H and O–H groups in total. The van der Waals surface area contributed by atoms with Gasteiger partial charge in [0.15, 0.2) is 0 Å². The lowest BCUT2D eigenvalue weighted by Gasteiger charge is -2.08. The van der Waals surface area contributed by atoms with Crippen molar-refractivity contribution < 1.29 is 23.7 Å². The van der Waals surface area contributed by atoms with Crippen molar-refractivity contribution in [1.29, 1.82) is 0 Å². The molecule has 0 aliphatic rings. The molecule has 0 atom stereocenters. The monoisotopic (exact) mass is 480 g/mol. The van der Waals surface area contributed by atoms with Gasteiger partial charge in [-0.15, -0.1) is 11.6 Å². The van der Waals surface area contributed by atoms with E-state index in [0.29, 0.717) is 52.9 Å². The van der Waals surface area contributed by atoms with E-state index in [-0.39, 0.29) is 0 Å². The summed E-state index contributed by atoms with van der Waals surface area (Å²) < 4.78 is 27.7. The molecule has 0 aliphatic heterocycles. The third kappa shape index (κ3) is 30.1. The van der Waals surface area contributed by atoms with Crippen molar-refractivity contribution in [2.75, 3.05) is 71.9 Å². The second-order valence-corrected chi connectivity index (χ2v) is 8.73. The van der Waals surface area contributed by atoms with Crippen molar-refractivity contribution in [3.63, 3.8) is 0 Å². The molecule has 0 aromatic heterocycles. The first-order valence-corrected chi connectivity index (χ1v) is 13.9. The average Bonchev–Trinajstić information content (AvgIpc) is 2.81. The Labute approximate surface area is 204 Å². The van der Waals surface area contributed by atoms with Crippen LogP contribution in [0.3, 0.4) is 0 Å². The van der Waals surface area contributed by atoms with E-state index in [9.17, 15) is 0 Å². The van der Waals surface area contributed by atoms with Crippen molar-refractivity contribution in [3.8, 4) is 0 Å². The first-order chi connectivity index (χ1) is 15.9. The largest absolute Gasteiger partial charge is 0.379 e. The highest BCUT2D eigenvalue weighted by molar-refractivity contribution is 6.17. The van der Waals surface area contributed by atoms with Crippen LogP contribution in [0.4, 0.5) is 0 Å². The molecule has 32 heavy (non-hydrogen) atoms. The van der Waals surface area contributed by atoms with Gasteiger partial charge in [-0.3, -0.25) is 0 Å². The smallest absolute Gasteiger partial charge is 0.0701 e. The van der Waals surface area contributed by atoms with Crippen LogP contribution < -0.4 is 0 Å². The summed E-state index contributed by atoms with van der Waals surface area (Å²) in [6.07, 6.45) is 18.1. The number of rotatable bonds is 29. The Morgan fingerprint density at radius 1 is 0.344 bits per heavy atom. The number of hydrogen-bond acceptors (Lipinski definition) is 5. The van der Waals surface area contributed by atoms with E-state index in [1.807, 2.05) is 0 Å². The molecule has 0 aromatic rings. The summed E-state index contributed by atoms with van der Waals surface area (Å²) >= 11 is 5.64. The zero-order chi connectivity index (χ0) is 23.2. The third-order valence-electron chi connectivity index (χ3n) is 5.30. The molecule has 6 heteroatoms. The number of ether oxygens (including phenoxy) is 5. The van der Waals surface area contributed by atoms with Gasteiger partial charge in [-0.2, -0.15) is 0 Å². The summed E-state index contributed by atoms with van der Waals surface area (Å²) in [6.45, 7) is 8.92. The first-order valence-electron chi connectivity index (χ1n) is 13.4. The summed E-state index contributed by atoms with van der Waals surface area (Å²) in [4.78, 5) is 0. The number of halogens is 1. The molecule has 0 spiro atoms. The van der Waals surface area contributed by atoms with Crippen LogP contribution in [0.1, 0.15) is 96.8 Å². The van der Waals surface area contributed by atoms with Crippen molar-refractivity contribution in [2.24, 2.45) is 0 Å². The molecular formula is C26H53ClO5. The Hall–Kier alpha value is 0.0900. The van der Waals surface area contributed by atoms with Gasteiger partial charge in [-0.25, -0.2) is 0 Å². The normalized spacial score (nSPS) is 11.4. The van der Waals surface area contributed by atoms with Crippen molar-refractivity contribution in [2.45, 2.75) is 96.8 Å². The van der Waals surface area contributed by atoms with Crippen molar-refractivity contribution in [1.82, 2.24) is 0 Å². The lowest BCUT2D eigenvalue weighted by atomic mass is 10.1. The van der Waals surface area contributed by atoms with Crippen LogP contribution in [0, 0.1) is 0 Å². The van der Waals surface area contributed by atoms with Crippen LogP contribution in [-0.4, -0.2) is 71.9 Å². The summed E-state index contributed by atoms with van der Waals surface area (Å²) in [5, 5.41) is 0. The van der Waals surface area contributed by atoms with Crippen LogP contribution in [-0.2, 0) is 23.7 Å². The Morgan fingerprint density at radius 3 is 0.969 bits per heavy atom. The van der Waals surface area contributed by atoms with Crippen molar-refractivity contribution in [3.05, 3.63) is 0 Å². The van der Waals surface area contributed by atoms with Gasteiger partial charge < -0.3 is 23.7 Å². The molecular weight excluding hydrogens is 428 g/mol. The maximum absolute atomic E-state index is 5.64. The maximum atomic E-state index is 5.64. The Bertz CT molecular complexity index is 291. The first kappa shape index (κ1) is 32.1. The molecule has 0 aromatic carbocycles. The van der Waals surface area contributed by atoms with Crippen LogP contribution >= 0.6 is 11.6 Å². The van der Waals surface area contributed by atoms with E-state index < -0.39 is 0 Å². The number of unbranched alkanes of at least 4 members (excludes halogenated alkanes) is 12. The zero-order valence-corrected chi connectivity index (χ0v) is 21.9. The fourth-order valence-electron chi connectivity index (χ4n) is 3.33. The Kier molecular flexibility index (Phi) is 31.2. The molecule has 0 saturated heterocycles. The van der Waals surface area contributed by atoms with E-state index in [4.69, 9.17) is 35.3 Å². The van der Waals surface area contributed by atoms with Crippen LogP contribution in [0.5, 0.6) is 0 Å². The second-order valence-electron chi connectivity index (χ2n) is 8.35. The maximum Gasteiger partial charge on any atom is 0.0701 e. The standard InChI is InChI=1S/C26H53ClO5/c1-2-3-4-5-6-7-8-9-11-14-17-28-19-21-30-23-25-32-26-24-31-22-20-29-18-15-12-10-13-16-27/h2-26H2,1H3. The van der Waals surface area contributed by atoms with E-state index >= 15 is 0 Å². The summed E-state index contributed by atoms with van der Waals surface area (Å²) in [7, 11) is 0. The molecule has 0 aliphatic carbocycles. The fourth-order valence-corrected chi connectivity index (χ4v) is 3.51. The lowest BCUT2D eigenvalue weighted by Crippen LogP contribution is -2.13. The molecule has 0 rings (SSSR count). The molecule has 0 radical (unpaired) electrons. The quantitative estimate of drug-likeness (QED) is 0.0870.